The van der Waals surface area contributed by atoms with Gasteiger partial charge in [-0.15, -0.1) is 0 Å². The second kappa shape index (κ2) is 9.95. The van der Waals surface area contributed by atoms with Crippen molar-refractivity contribution in [1.82, 2.24) is 0 Å². The molecule has 0 fully saturated rings. The van der Waals surface area contributed by atoms with Crippen molar-refractivity contribution >= 4 is 23.1 Å². The molecule has 0 aliphatic heterocycles. The van der Waals surface area contributed by atoms with Gasteiger partial charge in [0.1, 0.15) is 0 Å². The van der Waals surface area contributed by atoms with Crippen molar-refractivity contribution in [2.45, 2.75) is 26.7 Å². The van der Waals surface area contributed by atoms with Gasteiger partial charge in [0.15, 0.2) is 0 Å². The minimum atomic E-state index is 1.03. The lowest BCUT2D eigenvalue weighted by Crippen LogP contribution is -2.10. The summed E-state index contributed by atoms with van der Waals surface area (Å²) in [6, 6.07) is 38.6. The second-order valence-corrected chi connectivity index (χ2v) is 8.02. The summed E-state index contributed by atoms with van der Waals surface area (Å²) in [4.78, 5) is 2.33. The van der Waals surface area contributed by atoms with Crippen LogP contribution in [0.15, 0.2) is 115 Å². The minimum Gasteiger partial charge on any atom is -0.310 e. The zero-order chi connectivity index (χ0) is 21.5. The predicted molar refractivity (Wildman–Crippen MR) is 134 cm³/mol. The highest BCUT2D eigenvalue weighted by molar-refractivity contribution is 5.76. The number of nitrogens with zero attached hydrogens (tertiary/aromatic N) is 1. The van der Waals surface area contributed by atoms with Gasteiger partial charge in [0, 0.05) is 17.1 Å². The maximum atomic E-state index is 2.35. The highest BCUT2D eigenvalue weighted by atomic mass is 15.1. The van der Waals surface area contributed by atoms with Crippen LogP contribution in [-0.4, -0.2) is 0 Å². The van der Waals surface area contributed by atoms with Gasteiger partial charge in [-0.05, 0) is 79.8 Å². The van der Waals surface area contributed by atoms with E-state index < -0.39 is 0 Å². The smallest absolute Gasteiger partial charge is 0.0464 e. The molecule has 0 amide bonds. The Bertz CT molecular complexity index is 1090. The molecule has 0 unspecified atom stereocenters. The van der Waals surface area contributed by atoms with Gasteiger partial charge in [-0.2, -0.15) is 0 Å². The molecule has 0 aliphatic rings. The molecule has 0 radical (unpaired) electrons. The molecule has 0 heterocycles. The lowest BCUT2D eigenvalue weighted by molar-refractivity contribution is 0.937. The Morgan fingerprint density at radius 1 is 0.677 bits per heavy atom. The number of allylic oxidation sites excluding steroid dienone is 1. The molecule has 31 heavy (non-hydrogen) atoms. The molecule has 4 aromatic carbocycles. The molecule has 154 valence electrons. The minimum absolute atomic E-state index is 1.03. The van der Waals surface area contributed by atoms with Crippen molar-refractivity contribution in [2.75, 3.05) is 4.90 Å². The summed E-state index contributed by atoms with van der Waals surface area (Å²) in [5.41, 5.74) is 8.95. The first-order valence-electron chi connectivity index (χ1n) is 10.9. The standard InChI is InChI=1S/C30H29N/c1-24(22-26-12-6-3-7-13-26)18-20-27-23-30(21-19-25(27)2)31(28-14-8-4-9-15-28)29-16-10-5-11-17-29/h3-17,19,21-23H,18,20H2,1-2H3. The van der Waals surface area contributed by atoms with Crippen molar-refractivity contribution in [3.63, 3.8) is 0 Å². The SMILES string of the molecule is CC(=Cc1ccccc1)CCc1cc(N(c2ccccc2)c2ccccc2)ccc1C. The summed E-state index contributed by atoms with van der Waals surface area (Å²) >= 11 is 0. The average Bonchev–Trinajstić information content (AvgIpc) is 2.81. The van der Waals surface area contributed by atoms with Gasteiger partial charge in [-0.1, -0.05) is 84.4 Å². The number of hydrogen-bond donors (Lipinski definition) is 0. The molecule has 0 bridgehead atoms. The first kappa shape index (κ1) is 20.7. The second-order valence-electron chi connectivity index (χ2n) is 8.02. The van der Waals surface area contributed by atoms with Crippen LogP contribution in [-0.2, 0) is 6.42 Å². The average molecular weight is 404 g/mol. The lowest BCUT2D eigenvalue weighted by atomic mass is 9.99. The molecule has 4 rings (SSSR count). The van der Waals surface area contributed by atoms with E-state index in [4.69, 9.17) is 0 Å². The van der Waals surface area contributed by atoms with E-state index in [1.807, 2.05) is 0 Å². The van der Waals surface area contributed by atoms with Crippen LogP contribution in [0, 0.1) is 6.92 Å². The maximum Gasteiger partial charge on any atom is 0.0464 e. The molecule has 0 spiro atoms. The van der Waals surface area contributed by atoms with Crippen LogP contribution in [0.4, 0.5) is 17.1 Å². The summed E-state index contributed by atoms with van der Waals surface area (Å²) < 4.78 is 0. The molecule has 1 heteroatoms. The number of aryl methyl sites for hydroxylation is 2. The largest absolute Gasteiger partial charge is 0.310 e. The summed E-state index contributed by atoms with van der Waals surface area (Å²) in [7, 11) is 0. The third kappa shape index (κ3) is 5.32. The fourth-order valence-corrected chi connectivity index (χ4v) is 3.91. The fraction of sp³-hybridized carbons (Fsp3) is 0.133. The van der Waals surface area contributed by atoms with Gasteiger partial charge in [0.05, 0.1) is 0 Å². The van der Waals surface area contributed by atoms with E-state index in [2.05, 4.69) is 134 Å². The van der Waals surface area contributed by atoms with Gasteiger partial charge in [0.2, 0.25) is 0 Å². The van der Waals surface area contributed by atoms with Crippen molar-refractivity contribution in [3.8, 4) is 0 Å². The summed E-state index contributed by atoms with van der Waals surface area (Å²) in [5.74, 6) is 0. The van der Waals surface area contributed by atoms with E-state index in [1.165, 1.54) is 39.3 Å². The van der Waals surface area contributed by atoms with E-state index in [-0.39, 0.29) is 0 Å². The maximum absolute atomic E-state index is 2.35. The number of hydrogen-bond acceptors (Lipinski definition) is 1. The van der Waals surface area contributed by atoms with E-state index >= 15 is 0 Å². The highest BCUT2D eigenvalue weighted by Crippen LogP contribution is 2.35. The predicted octanol–water partition coefficient (Wildman–Crippen LogP) is 8.50. The Labute approximate surface area is 186 Å². The van der Waals surface area contributed by atoms with Crippen LogP contribution in [0.2, 0.25) is 0 Å². The van der Waals surface area contributed by atoms with Crippen molar-refractivity contribution in [1.29, 1.82) is 0 Å². The summed E-state index contributed by atoms with van der Waals surface area (Å²) in [6.07, 6.45) is 4.38. The van der Waals surface area contributed by atoms with Gasteiger partial charge in [0.25, 0.3) is 0 Å². The molecule has 0 saturated heterocycles. The Kier molecular flexibility index (Phi) is 6.64. The van der Waals surface area contributed by atoms with Crippen LogP contribution >= 0.6 is 0 Å². The van der Waals surface area contributed by atoms with Crippen LogP contribution in [0.1, 0.15) is 30.0 Å². The first-order valence-corrected chi connectivity index (χ1v) is 10.9. The Hall–Kier alpha value is -3.58. The Morgan fingerprint density at radius 3 is 1.81 bits per heavy atom. The third-order valence-corrected chi connectivity index (χ3v) is 5.62. The van der Waals surface area contributed by atoms with Crippen LogP contribution < -0.4 is 4.90 Å². The molecule has 4 aromatic rings. The Balaban J connectivity index is 1.62. The normalized spacial score (nSPS) is 11.4. The van der Waals surface area contributed by atoms with E-state index in [1.54, 1.807) is 0 Å². The zero-order valence-corrected chi connectivity index (χ0v) is 18.3. The highest BCUT2D eigenvalue weighted by Gasteiger charge is 2.13. The van der Waals surface area contributed by atoms with Crippen molar-refractivity contribution in [3.05, 3.63) is 131 Å². The molecule has 0 atom stereocenters. The number of rotatable bonds is 7. The molecular weight excluding hydrogens is 374 g/mol. The number of para-hydroxylation sites is 2. The van der Waals surface area contributed by atoms with Gasteiger partial charge in [-0.3, -0.25) is 0 Å². The van der Waals surface area contributed by atoms with Crippen molar-refractivity contribution < 1.29 is 0 Å². The summed E-state index contributed by atoms with van der Waals surface area (Å²) in [6.45, 7) is 4.44. The van der Waals surface area contributed by atoms with Crippen LogP contribution in [0.5, 0.6) is 0 Å². The Morgan fingerprint density at radius 2 is 1.23 bits per heavy atom. The number of anilines is 3. The van der Waals surface area contributed by atoms with E-state index in [0.29, 0.717) is 0 Å². The number of benzene rings is 4. The molecular formula is C30H29N. The van der Waals surface area contributed by atoms with Crippen molar-refractivity contribution in [2.24, 2.45) is 0 Å². The fourth-order valence-electron chi connectivity index (χ4n) is 3.91. The van der Waals surface area contributed by atoms with Gasteiger partial charge >= 0.3 is 0 Å². The van der Waals surface area contributed by atoms with Gasteiger partial charge < -0.3 is 4.90 Å². The topological polar surface area (TPSA) is 3.24 Å². The summed E-state index contributed by atoms with van der Waals surface area (Å²) in [5, 5.41) is 0. The molecule has 0 aliphatic carbocycles. The molecule has 0 N–H and O–H groups in total. The van der Waals surface area contributed by atoms with E-state index in [0.717, 1.165) is 12.8 Å². The lowest BCUT2D eigenvalue weighted by Gasteiger charge is -2.26. The molecule has 1 nitrogen and oxygen atoms in total. The zero-order valence-electron chi connectivity index (χ0n) is 18.3. The van der Waals surface area contributed by atoms with Crippen LogP contribution in [0.25, 0.3) is 6.08 Å². The molecule has 0 saturated carbocycles. The first-order chi connectivity index (χ1) is 15.2. The molecule has 0 aromatic heterocycles. The quantitative estimate of drug-likeness (QED) is 0.299. The van der Waals surface area contributed by atoms with E-state index in [9.17, 15) is 0 Å². The van der Waals surface area contributed by atoms with Crippen LogP contribution in [0.3, 0.4) is 0 Å². The third-order valence-electron chi connectivity index (χ3n) is 5.62. The van der Waals surface area contributed by atoms with Gasteiger partial charge in [-0.25, -0.2) is 0 Å². The monoisotopic (exact) mass is 403 g/mol.